The molecule has 116 valence electrons. The van der Waals surface area contributed by atoms with E-state index in [0.717, 1.165) is 30.4 Å². The van der Waals surface area contributed by atoms with Gasteiger partial charge in [-0.2, -0.15) is 0 Å². The predicted octanol–water partition coefficient (Wildman–Crippen LogP) is 3.51. The van der Waals surface area contributed by atoms with Gasteiger partial charge >= 0.3 is 0 Å². The molecule has 1 saturated carbocycles. The summed E-state index contributed by atoms with van der Waals surface area (Å²) >= 11 is 0. The standard InChI is InChI=1S/C18H27NO2/c1-11-6-12-8-17(20-5)15(9-16(12)21-11)14-7-13(14)10-19-18(2,3)4/h8-9,11,13-14,19H,6-7,10H2,1-5H3. The van der Waals surface area contributed by atoms with E-state index in [1.807, 2.05) is 0 Å². The van der Waals surface area contributed by atoms with Crippen LogP contribution < -0.4 is 14.8 Å². The van der Waals surface area contributed by atoms with Crippen LogP contribution in [0.1, 0.15) is 51.2 Å². The molecule has 1 aromatic rings. The Morgan fingerprint density at radius 1 is 1.33 bits per heavy atom. The second kappa shape index (κ2) is 5.20. The fourth-order valence-electron chi connectivity index (χ4n) is 3.21. The van der Waals surface area contributed by atoms with E-state index < -0.39 is 0 Å². The molecule has 0 bridgehead atoms. The Kier molecular flexibility index (Phi) is 3.64. The second-order valence-electron chi connectivity index (χ2n) is 7.57. The molecule has 0 radical (unpaired) electrons. The molecule has 0 aromatic heterocycles. The lowest BCUT2D eigenvalue weighted by atomic mass is 10.0. The average molecular weight is 289 g/mol. The Bertz CT molecular complexity index is 533. The molecule has 1 fully saturated rings. The van der Waals surface area contributed by atoms with Crippen molar-refractivity contribution in [3.63, 3.8) is 0 Å². The maximum Gasteiger partial charge on any atom is 0.123 e. The van der Waals surface area contributed by atoms with E-state index in [0.29, 0.717) is 5.92 Å². The van der Waals surface area contributed by atoms with E-state index in [1.54, 1.807) is 7.11 Å². The zero-order valence-electron chi connectivity index (χ0n) is 13.8. The topological polar surface area (TPSA) is 30.5 Å². The van der Waals surface area contributed by atoms with Gasteiger partial charge < -0.3 is 14.8 Å². The lowest BCUT2D eigenvalue weighted by Gasteiger charge is -2.20. The summed E-state index contributed by atoms with van der Waals surface area (Å²) in [5.74, 6) is 3.43. The van der Waals surface area contributed by atoms with E-state index in [9.17, 15) is 0 Å². The highest BCUT2D eigenvalue weighted by molar-refractivity contribution is 5.51. The van der Waals surface area contributed by atoms with Crippen LogP contribution in [0.25, 0.3) is 0 Å². The summed E-state index contributed by atoms with van der Waals surface area (Å²) in [6, 6.07) is 4.40. The molecule has 3 unspecified atom stereocenters. The quantitative estimate of drug-likeness (QED) is 0.920. The molecule has 2 aliphatic rings. The summed E-state index contributed by atoms with van der Waals surface area (Å²) in [6.07, 6.45) is 2.52. The van der Waals surface area contributed by atoms with Crippen molar-refractivity contribution in [1.29, 1.82) is 0 Å². The van der Waals surface area contributed by atoms with Gasteiger partial charge in [0.05, 0.1) is 7.11 Å². The van der Waals surface area contributed by atoms with Gasteiger partial charge in [-0.1, -0.05) is 0 Å². The molecule has 0 amide bonds. The summed E-state index contributed by atoms with van der Waals surface area (Å²) in [5.41, 5.74) is 2.80. The molecular formula is C18H27NO2. The molecule has 0 spiro atoms. The Morgan fingerprint density at radius 3 is 2.76 bits per heavy atom. The van der Waals surface area contributed by atoms with Gasteiger partial charge in [-0.05, 0) is 64.6 Å². The van der Waals surface area contributed by atoms with Gasteiger partial charge in [0.1, 0.15) is 17.6 Å². The van der Waals surface area contributed by atoms with E-state index in [2.05, 4.69) is 45.1 Å². The largest absolute Gasteiger partial charge is 0.496 e. The zero-order valence-corrected chi connectivity index (χ0v) is 13.8. The number of hydrogen-bond acceptors (Lipinski definition) is 3. The van der Waals surface area contributed by atoms with E-state index >= 15 is 0 Å². The zero-order chi connectivity index (χ0) is 15.2. The fraction of sp³-hybridized carbons (Fsp3) is 0.667. The second-order valence-corrected chi connectivity index (χ2v) is 7.57. The van der Waals surface area contributed by atoms with Crippen molar-refractivity contribution in [2.75, 3.05) is 13.7 Å². The first-order valence-corrected chi connectivity index (χ1v) is 8.00. The lowest BCUT2D eigenvalue weighted by Crippen LogP contribution is -2.37. The van der Waals surface area contributed by atoms with Crippen molar-refractivity contribution in [3.8, 4) is 11.5 Å². The number of benzene rings is 1. The average Bonchev–Trinajstić information content (AvgIpc) is 3.08. The van der Waals surface area contributed by atoms with Crippen molar-refractivity contribution >= 4 is 0 Å². The van der Waals surface area contributed by atoms with E-state index in [1.165, 1.54) is 17.5 Å². The van der Waals surface area contributed by atoms with Crippen LogP contribution in [0.3, 0.4) is 0 Å². The van der Waals surface area contributed by atoms with Crippen molar-refractivity contribution in [2.24, 2.45) is 5.92 Å². The van der Waals surface area contributed by atoms with Gasteiger partial charge in [-0.3, -0.25) is 0 Å². The Morgan fingerprint density at radius 2 is 2.10 bits per heavy atom. The molecular weight excluding hydrogens is 262 g/mol. The van der Waals surface area contributed by atoms with Crippen LogP contribution in [0.2, 0.25) is 0 Å². The Hall–Kier alpha value is -1.22. The van der Waals surface area contributed by atoms with Crippen molar-refractivity contribution < 1.29 is 9.47 Å². The van der Waals surface area contributed by atoms with Crippen molar-refractivity contribution in [2.45, 2.75) is 58.1 Å². The number of fused-ring (bicyclic) bond motifs is 1. The van der Waals surface area contributed by atoms with Gasteiger partial charge in [-0.25, -0.2) is 0 Å². The lowest BCUT2D eigenvalue weighted by molar-refractivity contribution is 0.254. The first-order chi connectivity index (χ1) is 9.87. The highest BCUT2D eigenvalue weighted by Gasteiger charge is 2.41. The minimum atomic E-state index is 0.188. The molecule has 1 heterocycles. The SMILES string of the molecule is COc1cc2c(cc1C1CC1CNC(C)(C)C)OC(C)C2. The van der Waals surface area contributed by atoms with Crippen LogP contribution in [0.15, 0.2) is 12.1 Å². The molecule has 3 heteroatoms. The highest BCUT2D eigenvalue weighted by Crippen LogP contribution is 2.52. The fourth-order valence-corrected chi connectivity index (χ4v) is 3.21. The van der Waals surface area contributed by atoms with Crippen LogP contribution in [0.4, 0.5) is 0 Å². The predicted molar refractivity (Wildman–Crippen MR) is 85.4 cm³/mol. The summed E-state index contributed by atoms with van der Waals surface area (Å²) in [7, 11) is 1.77. The molecule has 3 atom stereocenters. The molecule has 0 saturated heterocycles. The van der Waals surface area contributed by atoms with Gasteiger partial charge in [0.25, 0.3) is 0 Å². The van der Waals surface area contributed by atoms with Gasteiger partial charge in [0.15, 0.2) is 0 Å². The van der Waals surface area contributed by atoms with Gasteiger partial charge in [0.2, 0.25) is 0 Å². The molecule has 1 aromatic carbocycles. The molecule has 3 nitrogen and oxygen atoms in total. The molecule has 1 aliphatic carbocycles. The third kappa shape index (κ3) is 3.18. The van der Waals surface area contributed by atoms with Gasteiger partial charge in [0, 0.05) is 23.1 Å². The third-order valence-electron chi connectivity index (χ3n) is 4.47. The number of ether oxygens (including phenoxy) is 2. The maximum absolute atomic E-state index is 5.90. The molecule has 1 aliphatic heterocycles. The van der Waals surface area contributed by atoms with Crippen LogP contribution >= 0.6 is 0 Å². The smallest absolute Gasteiger partial charge is 0.123 e. The summed E-state index contributed by atoms with van der Waals surface area (Å²) < 4.78 is 11.5. The molecule has 1 N–H and O–H groups in total. The van der Waals surface area contributed by atoms with E-state index in [4.69, 9.17) is 9.47 Å². The van der Waals surface area contributed by atoms with Crippen LogP contribution in [-0.4, -0.2) is 25.3 Å². The first kappa shape index (κ1) is 14.7. The van der Waals surface area contributed by atoms with Crippen LogP contribution in [0, 0.1) is 5.92 Å². The summed E-state index contributed by atoms with van der Waals surface area (Å²) in [6.45, 7) is 9.85. The normalized spacial score (nSPS) is 27.2. The monoisotopic (exact) mass is 289 g/mol. The van der Waals surface area contributed by atoms with Gasteiger partial charge in [-0.15, -0.1) is 0 Å². The third-order valence-corrected chi connectivity index (χ3v) is 4.47. The highest BCUT2D eigenvalue weighted by atomic mass is 16.5. The van der Waals surface area contributed by atoms with Crippen LogP contribution in [0.5, 0.6) is 11.5 Å². The maximum atomic E-state index is 5.90. The first-order valence-electron chi connectivity index (χ1n) is 8.00. The molecule has 21 heavy (non-hydrogen) atoms. The number of rotatable bonds is 4. The number of methoxy groups -OCH3 is 1. The minimum Gasteiger partial charge on any atom is -0.496 e. The summed E-state index contributed by atoms with van der Waals surface area (Å²) in [4.78, 5) is 0. The number of nitrogens with one attached hydrogen (secondary N) is 1. The Balaban J connectivity index is 1.73. The number of hydrogen-bond donors (Lipinski definition) is 1. The molecule has 3 rings (SSSR count). The van der Waals surface area contributed by atoms with Crippen molar-refractivity contribution in [1.82, 2.24) is 5.32 Å². The summed E-state index contributed by atoms with van der Waals surface area (Å²) in [5, 5.41) is 3.61. The minimum absolute atomic E-state index is 0.188. The van der Waals surface area contributed by atoms with Crippen LogP contribution in [-0.2, 0) is 6.42 Å². The van der Waals surface area contributed by atoms with Crippen molar-refractivity contribution in [3.05, 3.63) is 23.3 Å². The van der Waals surface area contributed by atoms with E-state index in [-0.39, 0.29) is 11.6 Å². The Labute approximate surface area is 128 Å².